The molecular formula is C46H24N6. The van der Waals surface area contributed by atoms with E-state index in [1.807, 2.05) is 54.6 Å². The second-order valence-electron chi connectivity index (χ2n) is 12.5. The van der Waals surface area contributed by atoms with Crippen LogP contribution in [0.15, 0.2) is 146 Å². The SMILES string of the molecule is N#Cc1cccc(C#N)c1-c1cccc2c1c1cccc(-c3c(C#N)cccc3C#N)c1n2-c1ccc2c(c1)c1ccccc1n2-c1ccccc1. The van der Waals surface area contributed by atoms with E-state index in [-0.39, 0.29) is 0 Å². The number of aromatic nitrogens is 2. The van der Waals surface area contributed by atoms with Crippen molar-refractivity contribution in [3.63, 3.8) is 0 Å². The summed E-state index contributed by atoms with van der Waals surface area (Å²) in [6, 6.07) is 56.7. The smallest absolute Gasteiger partial charge is 0.0998 e. The molecule has 0 aliphatic rings. The van der Waals surface area contributed by atoms with E-state index in [1.54, 1.807) is 36.4 Å². The average Bonchev–Trinajstić information content (AvgIpc) is 3.73. The first-order valence-corrected chi connectivity index (χ1v) is 16.7. The van der Waals surface area contributed by atoms with Crippen molar-refractivity contribution in [1.82, 2.24) is 9.13 Å². The third-order valence-electron chi connectivity index (χ3n) is 9.89. The molecule has 0 N–H and O–H groups in total. The van der Waals surface area contributed by atoms with Crippen LogP contribution in [0.3, 0.4) is 0 Å². The molecule has 6 nitrogen and oxygen atoms in total. The number of nitrogens with zero attached hydrogens (tertiary/aromatic N) is 6. The Morgan fingerprint density at radius 2 is 0.885 bits per heavy atom. The zero-order valence-corrected chi connectivity index (χ0v) is 27.5. The molecule has 7 aromatic carbocycles. The van der Waals surface area contributed by atoms with Crippen LogP contribution in [0.1, 0.15) is 22.3 Å². The van der Waals surface area contributed by atoms with Crippen molar-refractivity contribution in [3.05, 3.63) is 168 Å². The van der Waals surface area contributed by atoms with Gasteiger partial charge in [0, 0.05) is 49.6 Å². The topological polar surface area (TPSA) is 105 Å². The van der Waals surface area contributed by atoms with Crippen LogP contribution >= 0.6 is 0 Å². The molecule has 52 heavy (non-hydrogen) atoms. The highest BCUT2D eigenvalue weighted by atomic mass is 15.0. The van der Waals surface area contributed by atoms with Crippen molar-refractivity contribution in [2.75, 3.05) is 0 Å². The van der Waals surface area contributed by atoms with E-state index >= 15 is 0 Å². The highest BCUT2D eigenvalue weighted by molar-refractivity contribution is 6.20. The third kappa shape index (κ3) is 4.33. The summed E-state index contributed by atoms with van der Waals surface area (Å²) in [4.78, 5) is 0. The summed E-state index contributed by atoms with van der Waals surface area (Å²) in [7, 11) is 0. The predicted octanol–water partition coefficient (Wildman–Crippen LogP) is 10.7. The first kappa shape index (κ1) is 30.2. The van der Waals surface area contributed by atoms with Gasteiger partial charge in [0.2, 0.25) is 0 Å². The van der Waals surface area contributed by atoms with Gasteiger partial charge >= 0.3 is 0 Å². The largest absolute Gasteiger partial charge is 0.309 e. The molecule has 0 atom stereocenters. The minimum atomic E-state index is 0.395. The molecule has 238 valence electrons. The van der Waals surface area contributed by atoms with Gasteiger partial charge in [-0.15, -0.1) is 0 Å². The van der Waals surface area contributed by atoms with E-state index in [2.05, 4.69) is 88.0 Å². The summed E-state index contributed by atoms with van der Waals surface area (Å²) < 4.78 is 4.46. The van der Waals surface area contributed by atoms with Crippen LogP contribution in [0.4, 0.5) is 0 Å². The van der Waals surface area contributed by atoms with E-state index in [4.69, 9.17) is 0 Å². The van der Waals surface area contributed by atoms with Crippen LogP contribution in [0.25, 0.3) is 77.2 Å². The van der Waals surface area contributed by atoms with Crippen molar-refractivity contribution in [2.24, 2.45) is 0 Å². The molecular weight excluding hydrogens is 637 g/mol. The normalized spacial score (nSPS) is 11.0. The molecule has 0 amide bonds. The zero-order chi connectivity index (χ0) is 35.3. The fourth-order valence-corrected chi connectivity index (χ4v) is 7.81. The van der Waals surface area contributed by atoms with E-state index < -0.39 is 0 Å². The molecule has 0 spiro atoms. The lowest BCUT2D eigenvalue weighted by Gasteiger charge is -2.14. The number of benzene rings is 7. The van der Waals surface area contributed by atoms with Crippen molar-refractivity contribution in [2.45, 2.75) is 0 Å². The molecule has 0 aliphatic heterocycles. The van der Waals surface area contributed by atoms with E-state index in [1.165, 1.54) is 0 Å². The maximum absolute atomic E-state index is 10.3. The van der Waals surface area contributed by atoms with Crippen LogP contribution < -0.4 is 0 Å². The number of hydrogen-bond acceptors (Lipinski definition) is 4. The maximum Gasteiger partial charge on any atom is 0.0998 e. The van der Waals surface area contributed by atoms with Crippen LogP contribution in [0.5, 0.6) is 0 Å². The minimum Gasteiger partial charge on any atom is -0.309 e. The van der Waals surface area contributed by atoms with E-state index in [0.717, 1.165) is 66.1 Å². The van der Waals surface area contributed by atoms with Gasteiger partial charge in [-0.25, -0.2) is 0 Å². The Morgan fingerprint density at radius 3 is 1.56 bits per heavy atom. The van der Waals surface area contributed by atoms with E-state index in [0.29, 0.717) is 33.4 Å². The predicted molar refractivity (Wildman–Crippen MR) is 205 cm³/mol. The molecule has 0 fully saturated rings. The third-order valence-corrected chi connectivity index (χ3v) is 9.89. The fourth-order valence-electron chi connectivity index (χ4n) is 7.81. The van der Waals surface area contributed by atoms with Crippen LogP contribution in [0, 0.1) is 45.3 Å². The van der Waals surface area contributed by atoms with Crippen molar-refractivity contribution >= 4 is 43.6 Å². The quantitative estimate of drug-likeness (QED) is 0.187. The molecule has 0 saturated heterocycles. The molecule has 9 rings (SSSR count). The van der Waals surface area contributed by atoms with Gasteiger partial charge in [-0.3, -0.25) is 0 Å². The Hall–Kier alpha value is -7.90. The lowest BCUT2D eigenvalue weighted by atomic mass is 9.90. The summed E-state index contributed by atoms with van der Waals surface area (Å²) in [5.41, 5.74) is 9.96. The molecule has 0 saturated carbocycles. The van der Waals surface area contributed by atoms with Gasteiger partial charge in [-0.1, -0.05) is 78.9 Å². The Balaban J connectivity index is 1.46. The van der Waals surface area contributed by atoms with Crippen LogP contribution in [-0.4, -0.2) is 9.13 Å². The summed E-state index contributed by atoms with van der Waals surface area (Å²) in [5, 5.41) is 44.9. The van der Waals surface area contributed by atoms with Gasteiger partial charge in [0.05, 0.1) is 68.6 Å². The molecule has 0 unspecified atom stereocenters. The molecule has 2 aromatic heterocycles. The first-order chi connectivity index (χ1) is 25.7. The first-order valence-electron chi connectivity index (χ1n) is 16.7. The standard InChI is InChI=1S/C46H24N6/c47-25-29-10-6-11-30(26-48)43(29)36-17-9-21-42-45(36)38-19-8-18-37(44-31(27-49)12-7-13-32(44)28-50)46(38)52(42)34-22-23-41-39(24-34)35-16-4-5-20-40(35)51(41)33-14-2-1-3-15-33/h1-24H. The summed E-state index contributed by atoms with van der Waals surface area (Å²) >= 11 is 0. The number of hydrogen-bond donors (Lipinski definition) is 0. The van der Waals surface area contributed by atoms with Crippen molar-refractivity contribution < 1.29 is 0 Å². The summed E-state index contributed by atoms with van der Waals surface area (Å²) in [5.74, 6) is 0. The maximum atomic E-state index is 10.3. The van der Waals surface area contributed by atoms with Gasteiger partial charge in [0.15, 0.2) is 0 Å². The van der Waals surface area contributed by atoms with Crippen LogP contribution in [-0.2, 0) is 0 Å². The minimum absolute atomic E-state index is 0.395. The molecule has 0 aliphatic carbocycles. The Morgan fingerprint density at radius 1 is 0.365 bits per heavy atom. The van der Waals surface area contributed by atoms with Gasteiger partial charge < -0.3 is 9.13 Å². The number of fused-ring (bicyclic) bond motifs is 6. The van der Waals surface area contributed by atoms with Crippen molar-refractivity contribution in [3.8, 4) is 57.9 Å². The fraction of sp³-hybridized carbons (Fsp3) is 0. The lowest BCUT2D eigenvalue weighted by Crippen LogP contribution is -1.98. The number of rotatable bonds is 4. The Bertz CT molecular complexity index is 3050. The van der Waals surface area contributed by atoms with Gasteiger partial charge in [0.1, 0.15) is 0 Å². The van der Waals surface area contributed by atoms with E-state index in [9.17, 15) is 21.0 Å². The summed E-state index contributed by atoms with van der Waals surface area (Å²) in [6.07, 6.45) is 0. The Labute approximate surface area is 298 Å². The number of nitriles is 4. The van der Waals surface area contributed by atoms with Gasteiger partial charge in [-0.05, 0) is 72.3 Å². The van der Waals surface area contributed by atoms with Crippen LogP contribution in [0.2, 0.25) is 0 Å². The monoisotopic (exact) mass is 660 g/mol. The molecule has 2 heterocycles. The average molecular weight is 661 g/mol. The number of para-hydroxylation sites is 3. The molecule has 9 aromatic rings. The second kappa shape index (κ2) is 11.9. The second-order valence-corrected chi connectivity index (χ2v) is 12.5. The van der Waals surface area contributed by atoms with Crippen molar-refractivity contribution in [1.29, 1.82) is 21.0 Å². The zero-order valence-electron chi connectivity index (χ0n) is 27.5. The highest BCUT2D eigenvalue weighted by Crippen LogP contribution is 2.45. The molecule has 6 heteroatoms. The van der Waals surface area contributed by atoms with Gasteiger partial charge in [0.25, 0.3) is 0 Å². The lowest BCUT2D eigenvalue weighted by molar-refractivity contribution is 1.17. The van der Waals surface area contributed by atoms with Gasteiger partial charge in [-0.2, -0.15) is 21.0 Å². The summed E-state index contributed by atoms with van der Waals surface area (Å²) in [6.45, 7) is 0. The highest BCUT2D eigenvalue weighted by Gasteiger charge is 2.24. The Kier molecular flexibility index (Phi) is 6.91. The molecule has 0 bridgehead atoms. The molecule has 0 radical (unpaired) electrons.